The number of hydrogen-bond acceptors (Lipinski definition) is 6. The highest BCUT2D eigenvalue weighted by Crippen LogP contribution is 2.28. The number of hydrazone groups is 1. The Hall–Kier alpha value is -3.78. The van der Waals surface area contributed by atoms with Crippen LogP contribution in [0.15, 0.2) is 82.4 Å². The number of para-hydroxylation sites is 1. The molecule has 3 aromatic carbocycles. The van der Waals surface area contributed by atoms with Gasteiger partial charge >= 0.3 is 0 Å². The average molecular weight is 473 g/mol. The molecule has 0 aliphatic heterocycles. The number of benzene rings is 3. The zero-order valence-corrected chi connectivity index (χ0v) is 18.1. The van der Waals surface area contributed by atoms with E-state index in [-0.39, 0.29) is 0 Å². The molecule has 2 heterocycles. The topological polar surface area (TPSA) is 77.2 Å². The standard InChI is InChI=1S/C23H17BrN6O/c1-30-20-11-10-16(24)13-19(20)21-22(30)26-23(29-27-21)28-25-14-15-6-5-9-18(12-15)31-17-7-3-2-4-8-17/h2-14H,1H3,(H,26,28,29)/b25-14+. The van der Waals surface area contributed by atoms with E-state index in [1.54, 1.807) is 6.21 Å². The minimum Gasteiger partial charge on any atom is -0.457 e. The summed E-state index contributed by atoms with van der Waals surface area (Å²) in [7, 11) is 1.96. The smallest absolute Gasteiger partial charge is 0.265 e. The summed E-state index contributed by atoms with van der Waals surface area (Å²) >= 11 is 3.50. The van der Waals surface area contributed by atoms with Crippen LogP contribution in [-0.4, -0.2) is 26.0 Å². The Morgan fingerprint density at radius 2 is 1.81 bits per heavy atom. The molecule has 5 aromatic rings. The molecule has 5 rings (SSSR count). The molecular weight excluding hydrogens is 456 g/mol. The van der Waals surface area contributed by atoms with Crippen LogP contribution in [0.2, 0.25) is 0 Å². The highest BCUT2D eigenvalue weighted by Gasteiger charge is 2.12. The highest BCUT2D eigenvalue weighted by atomic mass is 79.9. The van der Waals surface area contributed by atoms with Crippen molar-refractivity contribution in [2.45, 2.75) is 0 Å². The zero-order chi connectivity index (χ0) is 21.2. The van der Waals surface area contributed by atoms with Crippen LogP contribution in [0, 0.1) is 0 Å². The Labute approximate surface area is 186 Å². The molecule has 0 aliphatic carbocycles. The minimum atomic E-state index is 0.324. The van der Waals surface area contributed by atoms with Gasteiger partial charge in [0.15, 0.2) is 5.65 Å². The molecule has 0 atom stereocenters. The molecule has 0 bridgehead atoms. The van der Waals surface area contributed by atoms with E-state index in [0.717, 1.165) is 43.6 Å². The van der Waals surface area contributed by atoms with Gasteiger partial charge in [0.1, 0.15) is 17.0 Å². The summed E-state index contributed by atoms with van der Waals surface area (Å²) in [6.07, 6.45) is 1.68. The molecule has 2 aromatic heterocycles. The number of aromatic nitrogens is 4. The number of fused-ring (bicyclic) bond motifs is 3. The van der Waals surface area contributed by atoms with Gasteiger partial charge in [0.2, 0.25) is 0 Å². The van der Waals surface area contributed by atoms with Crippen LogP contribution in [0.5, 0.6) is 11.5 Å². The Morgan fingerprint density at radius 3 is 2.68 bits per heavy atom. The lowest BCUT2D eigenvalue weighted by Crippen LogP contribution is -2.00. The molecule has 0 amide bonds. The molecule has 0 fully saturated rings. The molecule has 31 heavy (non-hydrogen) atoms. The van der Waals surface area contributed by atoms with Crippen molar-refractivity contribution in [2.75, 3.05) is 5.43 Å². The Bertz CT molecular complexity index is 1410. The highest BCUT2D eigenvalue weighted by molar-refractivity contribution is 9.10. The number of halogens is 1. The third-order valence-electron chi connectivity index (χ3n) is 4.78. The summed E-state index contributed by atoms with van der Waals surface area (Å²) in [6.45, 7) is 0. The molecule has 0 unspecified atom stereocenters. The van der Waals surface area contributed by atoms with E-state index in [2.05, 4.69) is 41.6 Å². The molecule has 152 valence electrons. The van der Waals surface area contributed by atoms with Crippen LogP contribution >= 0.6 is 15.9 Å². The predicted octanol–water partition coefficient (Wildman–Crippen LogP) is 5.52. The zero-order valence-electron chi connectivity index (χ0n) is 16.5. The second kappa shape index (κ2) is 8.16. The van der Waals surface area contributed by atoms with E-state index in [1.807, 2.05) is 84.4 Å². The van der Waals surface area contributed by atoms with Crippen molar-refractivity contribution >= 4 is 50.2 Å². The van der Waals surface area contributed by atoms with Crippen LogP contribution in [0.25, 0.3) is 22.1 Å². The van der Waals surface area contributed by atoms with Gasteiger partial charge in [-0.15, -0.1) is 10.2 Å². The van der Waals surface area contributed by atoms with Gasteiger partial charge in [-0.2, -0.15) is 10.1 Å². The van der Waals surface area contributed by atoms with Crippen molar-refractivity contribution in [3.8, 4) is 11.5 Å². The Morgan fingerprint density at radius 1 is 0.968 bits per heavy atom. The van der Waals surface area contributed by atoms with Gasteiger partial charge < -0.3 is 9.30 Å². The Balaban J connectivity index is 1.35. The van der Waals surface area contributed by atoms with Crippen LogP contribution in [-0.2, 0) is 7.05 Å². The fourth-order valence-corrected chi connectivity index (χ4v) is 3.69. The maximum atomic E-state index is 5.86. The molecule has 8 heteroatoms. The average Bonchev–Trinajstić information content (AvgIpc) is 3.06. The van der Waals surface area contributed by atoms with Crippen molar-refractivity contribution in [1.82, 2.24) is 19.7 Å². The number of anilines is 1. The number of hydrogen-bond donors (Lipinski definition) is 1. The largest absolute Gasteiger partial charge is 0.457 e. The van der Waals surface area contributed by atoms with Gasteiger partial charge in [0.05, 0.1) is 11.7 Å². The third-order valence-corrected chi connectivity index (χ3v) is 5.27. The van der Waals surface area contributed by atoms with E-state index >= 15 is 0 Å². The summed E-state index contributed by atoms with van der Waals surface area (Å²) in [6, 6.07) is 23.3. The summed E-state index contributed by atoms with van der Waals surface area (Å²) in [5.41, 5.74) is 6.26. The minimum absolute atomic E-state index is 0.324. The summed E-state index contributed by atoms with van der Waals surface area (Å²) in [4.78, 5) is 4.57. The molecule has 0 saturated heterocycles. The fraction of sp³-hybridized carbons (Fsp3) is 0.0435. The van der Waals surface area contributed by atoms with Gasteiger partial charge in [-0.05, 0) is 48.0 Å². The monoisotopic (exact) mass is 472 g/mol. The SMILES string of the molecule is Cn1c2ccc(Br)cc2c2nnc(N/N=C/c3cccc(Oc4ccccc4)c3)nc21. The molecule has 0 saturated carbocycles. The number of nitrogens with one attached hydrogen (secondary N) is 1. The van der Waals surface area contributed by atoms with Crippen LogP contribution in [0.3, 0.4) is 0 Å². The quantitative estimate of drug-likeness (QED) is 0.269. The molecule has 0 radical (unpaired) electrons. The van der Waals surface area contributed by atoms with Crippen LogP contribution in [0.4, 0.5) is 5.95 Å². The van der Waals surface area contributed by atoms with E-state index in [1.165, 1.54) is 0 Å². The third kappa shape index (κ3) is 3.97. The van der Waals surface area contributed by atoms with Crippen molar-refractivity contribution in [3.05, 3.63) is 82.8 Å². The number of ether oxygens (including phenoxy) is 1. The van der Waals surface area contributed by atoms with Crippen molar-refractivity contribution < 1.29 is 4.74 Å². The molecule has 7 nitrogen and oxygen atoms in total. The summed E-state index contributed by atoms with van der Waals surface area (Å²) < 4.78 is 8.84. The lowest BCUT2D eigenvalue weighted by atomic mass is 10.2. The summed E-state index contributed by atoms with van der Waals surface area (Å²) in [5, 5.41) is 13.8. The first kappa shape index (κ1) is 19.2. The normalized spacial score (nSPS) is 11.4. The lowest BCUT2D eigenvalue weighted by Gasteiger charge is -2.05. The van der Waals surface area contributed by atoms with Gasteiger partial charge in [-0.25, -0.2) is 5.43 Å². The Kier molecular flexibility index (Phi) is 5.05. The van der Waals surface area contributed by atoms with Crippen LogP contribution in [0.1, 0.15) is 5.56 Å². The van der Waals surface area contributed by atoms with E-state index in [9.17, 15) is 0 Å². The molecule has 0 spiro atoms. The summed E-state index contributed by atoms with van der Waals surface area (Å²) in [5.74, 6) is 1.84. The van der Waals surface area contributed by atoms with E-state index in [4.69, 9.17) is 4.74 Å². The predicted molar refractivity (Wildman–Crippen MR) is 126 cm³/mol. The first-order valence-electron chi connectivity index (χ1n) is 9.58. The number of rotatable bonds is 5. The van der Waals surface area contributed by atoms with E-state index < -0.39 is 0 Å². The second-order valence-electron chi connectivity index (χ2n) is 6.89. The fourth-order valence-electron chi connectivity index (χ4n) is 3.33. The van der Waals surface area contributed by atoms with Gasteiger partial charge in [-0.3, -0.25) is 0 Å². The first-order chi connectivity index (χ1) is 15.2. The van der Waals surface area contributed by atoms with Gasteiger partial charge in [-0.1, -0.05) is 46.3 Å². The number of nitrogens with zero attached hydrogens (tertiary/aromatic N) is 5. The lowest BCUT2D eigenvalue weighted by molar-refractivity contribution is 0.482. The first-order valence-corrected chi connectivity index (χ1v) is 10.4. The van der Waals surface area contributed by atoms with Crippen molar-refractivity contribution in [1.29, 1.82) is 0 Å². The van der Waals surface area contributed by atoms with Crippen LogP contribution < -0.4 is 10.2 Å². The van der Waals surface area contributed by atoms with E-state index in [0.29, 0.717) is 5.95 Å². The molecular formula is C23H17BrN6O. The molecule has 1 N–H and O–H groups in total. The maximum Gasteiger partial charge on any atom is 0.265 e. The maximum absolute atomic E-state index is 5.86. The van der Waals surface area contributed by atoms with Gasteiger partial charge in [0, 0.05) is 16.9 Å². The van der Waals surface area contributed by atoms with Crippen molar-refractivity contribution in [3.63, 3.8) is 0 Å². The molecule has 0 aliphatic rings. The number of aryl methyl sites for hydroxylation is 1. The van der Waals surface area contributed by atoms with Crippen molar-refractivity contribution in [2.24, 2.45) is 12.1 Å². The van der Waals surface area contributed by atoms with Gasteiger partial charge in [0.25, 0.3) is 5.95 Å². The second-order valence-corrected chi connectivity index (χ2v) is 7.80.